The molecule has 0 aliphatic heterocycles. The van der Waals surface area contributed by atoms with Gasteiger partial charge in [-0.25, -0.2) is 0 Å². The zero-order valence-electron chi connectivity index (χ0n) is 9.57. The van der Waals surface area contributed by atoms with Crippen molar-refractivity contribution < 1.29 is 0 Å². The van der Waals surface area contributed by atoms with Gasteiger partial charge >= 0.3 is 0 Å². The van der Waals surface area contributed by atoms with E-state index >= 15 is 0 Å². The van der Waals surface area contributed by atoms with Crippen molar-refractivity contribution in [3.63, 3.8) is 0 Å². The highest BCUT2D eigenvalue weighted by atomic mass is 14.3. The fourth-order valence-corrected chi connectivity index (χ4v) is 2.97. The number of hydrogen-bond acceptors (Lipinski definition) is 0. The summed E-state index contributed by atoms with van der Waals surface area (Å²) in [5.41, 5.74) is 0.745. The van der Waals surface area contributed by atoms with Crippen LogP contribution in [0.15, 0.2) is 0 Å². The Morgan fingerprint density at radius 1 is 0.846 bits per heavy atom. The van der Waals surface area contributed by atoms with Crippen molar-refractivity contribution in [1.29, 1.82) is 0 Å². The Hall–Kier alpha value is 0. The van der Waals surface area contributed by atoms with Gasteiger partial charge in [0.05, 0.1) is 0 Å². The molecular formula is C13H26. The Kier molecular flexibility index (Phi) is 4.83. The van der Waals surface area contributed by atoms with E-state index in [0.29, 0.717) is 0 Å². The molecule has 0 unspecified atom stereocenters. The highest BCUT2D eigenvalue weighted by molar-refractivity contribution is 4.79. The Balaban J connectivity index is 2.47. The summed E-state index contributed by atoms with van der Waals surface area (Å²) in [7, 11) is 0. The summed E-state index contributed by atoms with van der Waals surface area (Å²) in [6.07, 6.45) is 14.8. The van der Waals surface area contributed by atoms with Gasteiger partial charge in [0.15, 0.2) is 0 Å². The smallest absolute Gasteiger partial charge is 0.0300 e. The maximum absolute atomic E-state index is 2.40. The molecule has 0 aromatic carbocycles. The molecule has 0 aromatic rings. The Morgan fingerprint density at radius 3 is 1.85 bits per heavy atom. The van der Waals surface area contributed by atoms with Crippen molar-refractivity contribution in [1.82, 2.24) is 0 Å². The zero-order chi connectivity index (χ0) is 9.57. The Morgan fingerprint density at radius 2 is 1.38 bits per heavy atom. The van der Waals surface area contributed by atoms with Gasteiger partial charge in [-0.2, -0.15) is 0 Å². The summed E-state index contributed by atoms with van der Waals surface area (Å²) in [6, 6.07) is 0. The van der Waals surface area contributed by atoms with Gasteiger partial charge in [-0.15, -0.1) is 0 Å². The minimum absolute atomic E-state index is 0.745. The van der Waals surface area contributed by atoms with Crippen molar-refractivity contribution in [2.75, 3.05) is 0 Å². The van der Waals surface area contributed by atoms with Crippen molar-refractivity contribution >= 4 is 0 Å². The third-order valence-electron chi connectivity index (χ3n) is 3.94. The molecular weight excluding hydrogens is 156 g/mol. The maximum atomic E-state index is 2.40. The summed E-state index contributed by atoms with van der Waals surface area (Å²) in [4.78, 5) is 0. The molecule has 0 amide bonds. The highest BCUT2D eigenvalue weighted by Gasteiger charge is 2.26. The predicted octanol–water partition coefficient (Wildman–Crippen LogP) is 4.93. The van der Waals surface area contributed by atoms with Gasteiger partial charge in [0.2, 0.25) is 0 Å². The first-order valence-corrected chi connectivity index (χ1v) is 6.33. The summed E-state index contributed by atoms with van der Waals surface area (Å²) < 4.78 is 0. The molecule has 1 saturated carbocycles. The molecule has 78 valence electrons. The van der Waals surface area contributed by atoms with Gasteiger partial charge in [-0.05, 0) is 24.7 Å². The predicted molar refractivity (Wildman–Crippen MR) is 60.0 cm³/mol. The molecule has 0 aromatic heterocycles. The minimum atomic E-state index is 0.745. The monoisotopic (exact) mass is 182 g/mol. The van der Waals surface area contributed by atoms with E-state index in [1.165, 1.54) is 64.2 Å². The van der Waals surface area contributed by atoms with Gasteiger partial charge in [-0.1, -0.05) is 58.8 Å². The second-order valence-electron chi connectivity index (χ2n) is 4.87. The van der Waals surface area contributed by atoms with Crippen LogP contribution in [-0.4, -0.2) is 0 Å². The van der Waals surface area contributed by atoms with E-state index < -0.39 is 0 Å². The maximum Gasteiger partial charge on any atom is -0.0300 e. The Labute approximate surface area is 84.1 Å². The quantitative estimate of drug-likeness (QED) is 0.580. The SMILES string of the molecule is CCCC1(CC)CCCCCCC1. The van der Waals surface area contributed by atoms with Crippen molar-refractivity contribution in [3.05, 3.63) is 0 Å². The number of hydrogen-bond donors (Lipinski definition) is 0. The molecule has 0 saturated heterocycles. The second-order valence-corrected chi connectivity index (χ2v) is 4.87. The molecule has 0 N–H and O–H groups in total. The van der Waals surface area contributed by atoms with Crippen LogP contribution in [0.4, 0.5) is 0 Å². The van der Waals surface area contributed by atoms with E-state index in [2.05, 4.69) is 13.8 Å². The van der Waals surface area contributed by atoms with Gasteiger partial charge in [0, 0.05) is 0 Å². The lowest BCUT2D eigenvalue weighted by atomic mass is 9.71. The van der Waals surface area contributed by atoms with E-state index in [1.807, 2.05) is 0 Å². The molecule has 0 radical (unpaired) electrons. The summed E-state index contributed by atoms with van der Waals surface area (Å²) in [5.74, 6) is 0. The van der Waals surface area contributed by atoms with Crippen LogP contribution in [0.5, 0.6) is 0 Å². The van der Waals surface area contributed by atoms with E-state index in [0.717, 1.165) is 5.41 Å². The summed E-state index contributed by atoms with van der Waals surface area (Å²) in [6.45, 7) is 4.74. The zero-order valence-corrected chi connectivity index (χ0v) is 9.57. The number of rotatable bonds is 3. The van der Waals surface area contributed by atoms with E-state index in [1.54, 1.807) is 0 Å². The van der Waals surface area contributed by atoms with Crippen molar-refractivity contribution in [2.45, 2.75) is 78.1 Å². The van der Waals surface area contributed by atoms with E-state index in [-0.39, 0.29) is 0 Å². The lowest BCUT2D eigenvalue weighted by Crippen LogP contribution is -2.20. The van der Waals surface area contributed by atoms with Crippen LogP contribution in [0, 0.1) is 5.41 Å². The fraction of sp³-hybridized carbons (Fsp3) is 1.00. The third-order valence-corrected chi connectivity index (χ3v) is 3.94. The highest BCUT2D eigenvalue weighted by Crippen LogP contribution is 2.40. The van der Waals surface area contributed by atoms with Crippen LogP contribution in [-0.2, 0) is 0 Å². The lowest BCUT2D eigenvalue weighted by molar-refractivity contribution is 0.181. The third kappa shape index (κ3) is 3.32. The topological polar surface area (TPSA) is 0 Å². The lowest BCUT2D eigenvalue weighted by Gasteiger charge is -2.34. The largest absolute Gasteiger partial charge is 0.0654 e. The molecule has 1 aliphatic carbocycles. The average Bonchev–Trinajstić information content (AvgIpc) is 2.10. The van der Waals surface area contributed by atoms with Crippen molar-refractivity contribution in [2.24, 2.45) is 5.41 Å². The average molecular weight is 182 g/mol. The van der Waals surface area contributed by atoms with Crippen LogP contribution in [0.2, 0.25) is 0 Å². The standard InChI is InChI=1S/C13H26/c1-3-10-13(4-2)11-8-6-5-7-9-12-13/h3-12H2,1-2H3. The van der Waals surface area contributed by atoms with Gasteiger partial charge in [-0.3, -0.25) is 0 Å². The van der Waals surface area contributed by atoms with Gasteiger partial charge < -0.3 is 0 Å². The van der Waals surface area contributed by atoms with Crippen LogP contribution >= 0.6 is 0 Å². The van der Waals surface area contributed by atoms with E-state index in [4.69, 9.17) is 0 Å². The first kappa shape index (κ1) is 11.1. The van der Waals surface area contributed by atoms with Crippen LogP contribution in [0.3, 0.4) is 0 Å². The van der Waals surface area contributed by atoms with Gasteiger partial charge in [0.1, 0.15) is 0 Å². The van der Waals surface area contributed by atoms with E-state index in [9.17, 15) is 0 Å². The van der Waals surface area contributed by atoms with Crippen LogP contribution in [0.25, 0.3) is 0 Å². The van der Waals surface area contributed by atoms with Crippen molar-refractivity contribution in [3.8, 4) is 0 Å². The molecule has 13 heavy (non-hydrogen) atoms. The molecule has 0 nitrogen and oxygen atoms in total. The summed E-state index contributed by atoms with van der Waals surface area (Å²) in [5, 5.41) is 0. The van der Waals surface area contributed by atoms with Crippen LogP contribution in [0.1, 0.15) is 78.1 Å². The Bertz CT molecular complexity index is 118. The molecule has 0 heteroatoms. The normalized spacial score (nSPS) is 23.5. The molecule has 0 bridgehead atoms. The van der Waals surface area contributed by atoms with Crippen LogP contribution < -0.4 is 0 Å². The minimum Gasteiger partial charge on any atom is -0.0654 e. The summed E-state index contributed by atoms with van der Waals surface area (Å²) >= 11 is 0. The molecule has 1 aliphatic rings. The first-order chi connectivity index (χ1) is 6.33. The first-order valence-electron chi connectivity index (χ1n) is 6.33. The molecule has 1 rings (SSSR count). The van der Waals surface area contributed by atoms with Gasteiger partial charge in [0.25, 0.3) is 0 Å². The second kappa shape index (κ2) is 5.67. The molecule has 1 fully saturated rings. The molecule has 0 spiro atoms. The molecule has 0 atom stereocenters. The fourth-order valence-electron chi connectivity index (χ4n) is 2.97. The molecule has 0 heterocycles.